The van der Waals surface area contributed by atoms with Gasteiger partial charge >= 0.3 is 5.97 Å². The summed E-state index contributed by atoms with van der Waals surface area (Å²) >= 11 is 0. The molecule has 0 spiro atoms. The Morgan fingerprint density at radius 1 is 1.03 bits per heavy atom. The first-order valence-corrected chi connectivity index (χ1v) is 9.02. The van der Waals surface area contributed by atoms with Crippen molar-refractivity contribution in [2.75, 3.05) is 7.11 Å². The fraction of sp³-hybridized carbons (Fsp3) is 0.0455. The van der Waals surface area contributed by atoms with Crippen molar-refractivity contribution in [3.8, 4) is 28.2 Å². The zero-order valence-corrected chi connectivity index (χ0v) is 15.9. The van der Waals surface area contributed by atoms with E-state index >= 15 is 0 Å². The molecular formula is C22H16N4O4. The molecule has 4 rings (SSSR count). The van der Waals surface area contributed by atoms with Crippen LogP contribution < -0.4 is 0 Å². The lowest BCUT2D eigenvalue weighted by atomic mass is 10.0. The van der Waals surface area contributed by atoms with Crippen molar-refractivity contribution < 1.29 is 14.5 Å². The van der Waals surface area contributed by atoms with Crippen LogP contribution in [0.5, 0.6) is 0 Å². The number of hydrogen-bond donors (Lipinski definition) is 0. The summed E-state index contributed by atoms with van der Waals surface area (Å²) in [6.07, 6.45) is 3.22. The van der Waals surface area contributed by atoms with Gasteiger partial charge in [0.05, 0.1) is 23.4 Å². The molecule has 0 aliphatic rings. The van der Waals surface area contributed by atoms with Gasteiger partial charge in [0.15, 0.2) is 0 Å². The maximum Gasteiger partial charge on any atom is 0.342 e. The second-order valence-corrected chi connectivity index (χ2v) is 6.36. The summed E-state index contributed by atoms with van der Waals surface area (Å²) in [5, 5.41) is 15.9. The molecule has 0 unspecified atom stereocenters. The molecule has 4 aromatic rings. The molecule has 0 aliphatic carbocycles. The Hall–Kier alpha value is -4.33. The highest BCUT2D eigenvalue weighted by Crippen LogP contribution is 2.35. The third kappa shape index (κ3) is 3.42. The molecule has 2 aromatic heterocycles. The van der Waals surface area contributed by atoms with Crippen LogP contribution in [-0.2, 0) is 4.74 Å². The number of carbonyl (C=O) groups excluding carboxylic acids is 1. The highest BCUT2D eigenvalue weighted by atomic mass is 16.6. The lowest BCUT2D eigenvalue weighted by Gasteiger charge is -2.09. The van der Waals surface area contributed by atoms with Crippen molar-refractivity contribution in [1.82, 2.24) is 14.8 Å². The first kappa shape index (κ1) is 19.0. The number of rotatable bonds is 5. The van der Waals surface area contributed by atoms with Gasteiger partial charge in [0.1, 0.15) is 11.3 Å². The molecule has 0 aliphatic heterocycles. The van der Waals surface area contributed by atoms with Crippen LogP contribution in [0.15, 0.2) is 79.1 Å². The fourth-order valence-electron chi connectivity index (χ4n) is 3.21. The van der Waals surface area contributed by atoms with Crippen molar-refractivity contribution in [1.29, 1.82) is 0 Å². The molecule has 8 nitrogen and oxygen atoms in total. The topological polar surface area (TPSA) is 100 Å². The predicted molar refractivity (Wildman–Crippen MR) is 110 cm³/mol. The summed E-state index contributed by atoms with van der Waals surface area (Å²) < 4.78 is 6.58. The van der Waals surface area contributed by atoms with Crippen LogP contribution in [0.25, 0.3) is 28.2 Å². The van der Waals surface area contributed by atoms with E-state index in [1.807, 2.05) is 30.3 Å². The number of nitro benzene ring substituents is 1. The quantitative estimate of drug-likeness (QED) is 0.281. The zero-order valence-electron chi connectivity index (χ0n) is 15.9. The maximum absolute atomic E-state index is 12.8. The number of aromatic nitrogens is 3. The van der Waals surface area contributed by atoms with Crippen LogP contribution in [0.4, 0.5) is 5.69 Å². The van der Waals surface area contributed by atoms with Gasteiger partial charge in [-0.3, -0.25) is 15.1 Å². The number of pyridine rings is 1. The first-order chi connectivity index (χ1) is 14.6. The smallest absolute Gasteiger partial charge is 0.342 e. The van der Waals surface area contributed by atoms with Crippen molar-refractivity contribution in [2.24, 2.45) is 0 Å². The van der Waals surface area contributed by atoms with E-state index in [1.54, 1.807) is 36.7 Å². The number of ether oxygens (including phenoxy) is 1. The molecule has 148 valence electrons. The van der Waals surface area contributed by atoms with Crippen LogP contribution in [-0.4, -0.2) is 32.8 Å². The van der Waals surface area contributed by atoms with Gasteiger partial charge in [0.25, 0.3) is 5.69 Å². The number of benzene rings is 2. The van der Waals surface area contributed by atoms with E-state index in [4.69, 9.17) is 4.74 Å². The third-order valence-corrected chi connectivity index (χ3v) is 4.54. The van der Waals surface area contributed by atoms with Crippen LogP contribution in [0.2, 0.25) is 0 Å². The number of esters is 1. The molecule has 0 saturated carbocycles. The third-order valence-electron chi connectivity index (χ3n) is 4.54. The predicted octanol–water partition coefficient (Wildman–Crippen LogP) is 4.30. The van der Waals surface area contributed by atoms with Crippen molar-refractivity contribution in [3.63, 3.8) is 0 Å². The average molecular weight is 400 g/mol. The fourth-order valence-corrected chi connectivity index (χ4v) is 3.21. The summed E-state index contributed by atoms with van der Waals surface area (Å²) in [4.78, 5) is 27.7. The van der Waals surface area contributed by atoms with E-state index in [1.165, 1.54) is 23.9 Å². The Balaban J connectivity index is 2.07. The van der Waals surface area contributed by atoms with E-state index in [0.29, 0.717) is 28.2 Å². The molecule has 0 N–H and O–H groups in total. The number of methoxy groups -OCH3 is 1. The zero-order chi connectivity index (χ0) is 21.1. The molecule has 8 heteroatoms. The van der Waals surface area contributed by atoms with Gasteiger partial charge in [-0.25, -0.2) is 9.48 Å². The summed E-state index contributed by atoms with van der Waals surface area (Å²) in [5.41, 5.74) is 2.81. The Morgan fingerprint density at radius 2 is 1.80 bits per heavy atom. The van der Waals surface area contributed by atoms with Gasteiger partial charge in [-0.1, -0.05) is 36.4 Å². The average Bonchev–Trinajstić information content (AvgIpc) is 3.20. The van der Waals surface area contributed by atoms with E-state index in [9.17, 15) is 14.9 Å². The van der Waals surface area contributed by atoms with Crippen molar-refractivity contribution in [3.05, 3.63) is 94.8 Å². The van der Waals surface area contributed by atoms with Crippen LogP contribution in [0, 0.1) is 10.1 Å². The van der Waals surface area contributed by atoms with E-state index in [0.717, 1.165) is 0 Å². The molecular weight excluding hydrogens is 384 g/mol. The Kier molecular flexibility index (Phi) is 5.04. The summed E-state index contributed by atoms with van der Waals surface area (Å²) in [5.74, 6) is -0.565. The van der Waals surface area contributed by atoms with Crippen LogP contribution in [0.3, 0.4) is 0 Å². The minimum Gasteiger partial charge on any atom is -0.465 e. The minimum atomic E-state index is -0.565. The molecule has 2 heterocycles. The second-order valence-electron chi connectivity index (χ2n) is 6.36. The lowest BCUT2D eigenvalue weighted by molar-refractivity contribution is -0.384. The molecule has 0 radical (unpaired) electrons. The highest BCUT2D eigenvalue weighted by Gasteiger charge is 2.27. The SMILES string of the molecule is COC(=O)c1c(-c2cccnc2)nn(-c2cccc([N+](=O)[O-])c2)c1-c1ccccc1. The standard InChI is InChI=1S/C22H16N4O4/c1-30-22(27)19-20(16-9-6-12-23-14-16)24-25(21(19)15-7-3-2-4-8-15)17-10-5-11-18(13-17)26(28)29/h2-14H,1H3. The van der Waals surface area contributed by atoms with E-state index < -0.39 is 10.9 Å². The number of carbonyl (C=O) groups is 1. The molecule has 0 saturated heterocycles. The van der Waals surface area contributed by atoms with E-state index in [2.05, 4.69) is 10.1 Å². The van der Waals surface area contributed by atoms with Gasteiger partial charge in [0, 0.05) is 35.7 Å². The normalized spacial score (nSPS) is 10.6. The Labute approximate surface area is 171 Å². The number of nitrogens with zero attached hydrogens (tertiary/aromatic N) is 4. The Bertz CT molecular complexity index is 1220. The van der Waals surface area contributed by atoms with Crippen molar-refractivity contribution >= 4 is 11.7 Å². The second kappa shape index (κ2) is 7.96. The van der Waals surface area contributed by atoms with Gasteiger partial charge < -0.3 is 4.74 Å². The van der Waals surface area contributed by atoms with Gasteiger partial charge in [-0.2, -0.15) is 5.10 Å². The molecule has 0 bridgehead atoms. The molecule has 2 aromatic carbocycles. The van der Waals surface area contributed by atoms with Crippen LogP contribution >= 0.6 is 0 Å². The van der Waals surface area contributed by atoms with Gasteiger partial charge in [-0.15, -0.1) is 0 Å². The number of nitro groups is 1. The van der Waals surface area contributed by atoms with Gasteiger partial charge in [0.2, 0.25) is 0 Å². The number of hydrogen-bond acceptors (Lipinski definition) is 6. The molecule has 0 fully saturated rings. The van der Waals surface area contributed by atoms with Crippen molar-refractivity contribution in [2.45, 2.75) is 0 Å². The first-order valence-electron chi connectivity index (χ1n) is 9.02. The lowest BCUT2D eigenvalue weighted by Crippen LogP contribution is -2.06. The monoisotopic (exact) mass is 400 g/mol. The summed E-state index contributed by atoms with van der Waals surface area (Å²) in [6, 6.07) is 18.8. The molecule has 0 atom stereocenters. The van der Waals surface area contributed by atoms with E-state index in [-0.39, 0.29) is 11.3 Å². The summed E-state index contributed by atoms with van der Waals surface area (Å²) in [7, 11) is 1.30. The molecule has 0 amide bonds. The largest absolute Gasteiger partial charge is 0.465 e. The maximum atomic E-state index is 12.8. The summed E-state index contributed by atoms with van der Waals surface area (Å²) in [6.45, 7) is 0. The van der Waals surface area contributed by atoms with Crippen LogP contribution in [0.1, 0.15) is 10.4 Å². The highest BCUT2D eigenvalue weighted by molar-refractivity contribution is 6.02. The van der Waals surface area contributed by atoms with Gasteiger partial charge in [-0.05, 0) is 18.2 Å². The minimum absolute atomic E-state index is 0.0791. The molecule has 30 heavy (non-hydrogen) atoms. The Morgan fingerprint density at radius 3 is 2.47 bits per heavy atom. The number of non-ortho nitro benzene ring substituents is 1.